The van der Waals surface area contributed by atoms with Crippen molar-refractivity contribution >= 4 is 17.7 Å². The van der Waals surface area contributed by atoms with Crippen molar-refractivity contribution in [3.63, 3.8) is 0 Å². The molecule has 2 atom stereocenters. The standard InChI is InChI=1S/C23H28N2O2S/c1-28-20-11-7-8-18(16-20)22(26)25-15-12-23(27,19-9-3-2-4-10-19)21(17-25)24-13-5-6-14-24/h2-4,7-11,16,21,27H,5-6,12-15,17H2,1H3/t21-,23+/m1/s1. The summed E-state index contributed by atoms with van der Waals surface area (Å²) in [6.45, 7) is 3.11. The van der Waals surface area contributed by atoms with Crippen molar-refractivity contribution in [3.8, 4) is 0 Å². The first-order valence-electron chi connectivity index (χ1n) is 10.1. The van der Waals surface area contributed by atoms with Crippen molar-refractivity contribution in [2.24, 2.45) is 0 Å². The molecule has 0 bridgehead atoms. The monoisotopic (exact) mass is 396 g/mol. The summed E-state index contributed by atoms with van der Waals surface area (Å²) in [7, 11) is 0. The van der Waals surface area contributed by atoms with Gasteiger partial charge in [-0.15, -0.1) is 11.8 Å². The van der Waals surface area contributed by atoms with Gasteiger partial charge in [-0.05, 0) is 62.4 Å². The molecule has 2 aliphatic rings. The number of benzene rings is 2. The SMILES string of the molecule is CSc1cccc(C(=O)N2CC[C@](O)(c3ccccc3)[C@H](N3CCCC3)C2)c1. The smallest absolute Gasteiger partial charge is 0.253 e. The van der Waals surface area contributed by atoms with Gasteiger partial charge in [0, 0.05) is 23.5 Å². The normalized spacial score (nSPS) is 25.8. The van der Waals surface area contributed by atoms with E-state index in [1.165, 1.54) is 0 Å². The van der Waals surface area contributed by atoms with Crippen molar-refractivity contribution in [1.82, 2.24) is 9.80 Å². The zero-order valence-corrected chi connectivity index (χ0v) is 17.2. The lowest BCUT2D eigenvalue weighted by Crippen LogP contribution is -2.61. The summed E-state index contributed by atoms with van der Waals surface area (Å²) in [6, 6.07) is 17.7. The predicted octanol–water partition coefficient (Wildman–Crippen LogP) is 3.61. The van der Waals surface area contributed by atoms with E-state index in [4.69, 9.17) is 0 Å². The van der Waals surface area contributed by atoms with Crippen molar-refractivity contribution in [2.45, 2.75) is 35.8 Å². The molecule has 2 saturated heterocycles. The molecule has 2 aliphatic heterocycles. The highest BCUT2D eigenvalue weighted by molar-refractivity contribution is 7.98. The van der Waals surface area contributed by atoms with Crippen LogP contribution in [0.3, 0.4) is 0 Å². The zero-order chi connectivity index (χ0) is 19.6. The Morgan fingerprint density at radius 2 is 1.82 bits per heavy atom. The third-order valence-electron chi connectivity index (χ3n) is 6.17. The van der Waals surface area contributed by atoms with Crippen LogP contribution in [0.2, 0.25) is 0 Å². The lowest BCUT2D eigenvalue weighted by molar-refractivity contribution is -0.0878. The van der Waals surface area contributed by atoms with Crippen LogP contribution in [0.15, 0.2) is 59.5 Å². The number of aliphatic hydroxyl groups is 1. The maximum Gasteiger partial charge on any atom is 0.253 e. The molecule has 148 valence electrons. The maximum absolute atomic E-state index is 13.2. The molecule has 0 aromatic heterocycles. The molecule has 0 spiro atoms. The quantitative estimate of drug-likeness (QED) is 0.802. The first-order chi connectivity index (χ1) is 13.6. The van der Waals surface area contributed by atoms with E-state index in [1.807, 2.05) is 65.8 Å². The van der Waals surface area contributed by atoms with Crippen LogP contribution in [-0.2, 0) is 5.60 Å². The Bertz CT molecular complexity index is 822. The molecular formula is C23H28N2O2S. The van der Waals surface area contributed by atoms with Crippen LogP contribution in [0.25, 0.3) is 0 Å². The summed E-state index contributed by atoms with van der Waals surface area (Å²) in [4.78, 5) is 18.6. The van der Waals surface area contributed by atoms with E-state index < -0.39 is 5.60 Å². The average Bonchev–Trinajstić information content (AvgIpc) is 3.29. The second-order valence-corrected chi connectivity index (χ2v) is 8.66. The van der Waals surface area contributed by atoms with E-state index >= 15 is 0 Å². The Balaban J connectivity index is 1.61. The minimum atomic E-state index is -0.913. The molecule has 1 N–H and O–H groups in total. The lowest BCUT2D eigenvalue weighted by atomic mass is 9.79. The molecule has 28 heavy (non-hydrogen) atoms. The molecule has 2 heterocycles. The Labute approximate surface area is 171 Å². The van der Waals surface area contributed by atoms with Gasteiger partial charge in [0.25, 0.3) is 5.91 Å². The Morgan fingerprint density at radius 1 is 1.07 bits per heavy atom. The molecular weight excluding hydrogens is 368 g/mol. The first kappa shape index (κ1) is 19.5. The second kappa shape index (κ2) is 8.27. The van der Waals surface area contributed by atoms with Crippen LogP contribution in [0.5, 0.6) is 0 Å². The molecule has 0 radical (unpaired) electrons. The van der Waals surface area contributed by atoms with Crippen LogP contribution in [0.1, 0.15) is 35.2 Å². The summed E-state index contributed by atoms with van der Waals surface area (Å²) in [6.07, 6.45) is 4.90. The molecule has 0 saturated carbocycles. The van der Waals surface area contributed by atoms with Gasteiger partial charge in [-0.25, -0.2) is 0 Å². The lowest BCUT2D eigenvalue weighted by Gasteiger charge is -2.48. The van der Waals surface area contributed by atoms with Gasteiger partial charge in [0.05, 0.1) is 6.04 Å². The first-order valence-corrected chi connectivity index (χ1v) is 11.3. The third-order valence-corrected chi connectivity index (χ3v) is 6.89. The Kier molecular flexibility index (Phi) is 5.76. The summed E-state index contributed by atoms with van der Waals surface area (Å²) in [5, 5.41) is 11.7. The van der Waals surface area contributed by atoms with Gasteiger partial charge < -0.3 is 10.0 Å². The fourth-order valence-electron chi connectivity index (χ4n) is 4.58. The highest BCUT2D eigenvalue weighted by Crippen LogP contribution is 2.37. The number of nitrogens with zero attached hydrogens (tertiary/aromatic N) is 2. The maximum atomic E-state index is 13.2. The summed E-state index contributed by atoms with van der Waals surface area (Å²) in [5.74, 6) is 0.0650. The van der Waals surface area contributed by atoms with Gasteiger partial charge >= 0.3 is 0 Å². The number of amides is 1. The number of hydrogen-bond donors (Lipinski definition) is 1. The third kappa shape index (κ3) is 3.71. The van der Waals surface area contributed by atoms with Crippen molar-refractivity contribution in [2.75, 3.05) is 32.4 Å². The molecule has 2 aromatic rings. The summed E-state index contributed by atoms with van der Waals surface area (Å²) < 4.78 is 0. The number of hydrogen-bond acceptors (Lipinski definition) is 4. The van der Waals surface area contributed by atoms with Crippen molar-refractivity contribution in [1.29, 1.82) is 0 Å². The zero-order valence-electron chi connectivity index (χ0n) is 16.4. The minimum Gasteiger partial charge on any atom is -0.383 e. The summed E-state index contributed by atoms with van der Waals surface area (Å²) >= 11 is 1.65. The predicted molar refractivity (Wildman–Crippen MR) is 114 cm³/mol. The van der Waals surface area contributed by atoms with Crippen LogP contribution < -0.4 is 0 Å². The van der Waals surface area contributed by atoms with Crippen molar-refractivity contribution in [3.05, 3.63) is 65.7 Å². The summed E-state index contributed by atoms with van der Waals surface area (Å²) in [5.41, 5.74) is 0.782. The average molecular weight is 397 g/mol. The number of carbonyl (C=O) groups excluding carboxylic acids is 1. The van der Waals surface area contributed by atoms with Crippen LogP contribution in [0, 0.1) is 0 Å². The van der Waals surface area contributed by atoms with Gasteiger partial charge in [-0.1, -0.05) is 36.4 Å². The van der Waals surface area contributed by atoms with E-state index in [9.17, 15) is 9.90 Å². The molecule has 2 fully saturated rings. The van der Waals surface area contributed by atoms with Gasteiger partial charge in [-0.2, -0.15) is 0 Å². The van der Waals surface area contributed by atoms with Gasteiger partial charge in [0.1, 0.15) is 5.60 Å². The molecule has 1 amide bonds. The fourth-order valence-corrected chi connectivity index (χ4v) is 5.04. The molecule has 0 unspecified atom stereocenters. The Morgan fingerprint density at radius 3 is 2.54 bits per heavy atom. The number of carbonyl (C=O) groups is 1. The van der Waals surface area contributed by atoms with Crippen molar-refractivity contribution < 1.29 is 9.90 Å². The van der Waals surface area contributed by atoms with E-state index in [1.54, 1.807) is 11.8 Å². The number of thioether (sulfide) groups is 1. The molecule has 0 aliphatic carbocycles. The van der Waals surface area contributed by atoms with Crippen LogP contribution >= 0.6 is 11.8 Å². The minimum absolute atomic E-state index is 0.0650. The van der Waals surface area contributed by atoms with Gasteiger partial charge in [-0.3, -0.25) is 9.69 Å². The second-order valence-electron chi connectivity index (χ2n) is 7.78. The highest BCUT2D eigenvalue weighted by atomic mass is 32.2. The van der Waals surface area contributed by atoms with E-state index in [2.05, 4.69) is 4.90 Å². The van der Waals surface area contributed by atoms with Gasteiger partial charge in [0.15, 0.2) is 0 Å². The van der Waals surface area contributed by atoms with E-state index in [-0.39, 0.29) is 11.9 Å². The van der Waals surface area contributed by atoms with E-state index in [0.717, 1.165) is 42.0 Å². The fraction of sp³-hybridized carbons (Fsp3) is 0.435. The largest absolute Gasteiger partial charge is 0.383 e. The molecule has 5 heteroatoms. The highest BCUT2D eigenvalue weighted by Gasteiger charge is 2.47. The van der Waals surface area contributed by atoms with Gasteiger partial charge in [0.2, 0.25) is 0 Å². The molecule has 4 rings (SSSR count). The molecule has 4 nitrogen and oxygen atoms in total. The van der Waals surface area contributed by atoms with Crippen LogP contribution in [0.4, 0.5) is 0 Å². The van der Waals surface area contributed by atoms with Crippen LogP contribution in [-0.4, -0.2) is 59.3 Å². The topological polar surface area (TPSA) is 43.8 Å². The number of piperidine rings is 1. The molecule has 2 aromatic carbocycles. The number of rotatable bonds is 4. The number of likely N-dealkylation sites (tertiary alicyclic amines) is 2. The van der Waals surface area contributed by atoms with E-state index in [0.29, 0.717) is 19.5 Å². The Hall–Kier alpha value is -1.82.